The van der Waals surface area contributed by atoms with Gasteiger partial charge in [0.15, 0.2) is 0 Å². The molecule has 2 aromatic heterocycles. The SMILES string of the molecule is Cc1cnc(NC2=C3CC(Oc4ncc(OCCN)cc4Cl)C=CC3N=CN2)cn1. The summed E-state index contributed by atoms with van der Waals surface area (Å²) in [5, 5.41) is 6.81. The van der Waals surface area contributed by atoms with E-state index in [-0.39, 0.29) is 12.1 Å². The van der Waals surface area contributed by atoms with E-state index >= 15 is 0 Å². The van der Waals surface area contributed by atoms with E-state index in [0.29, 0.717) is 42.0 Å². The first-order chi connectivity index (χ1) is 14.6. The molecule has 1 aliphatic heterocycles. The largest absolute Gasteiger partial charge is 0.491 e. The van der Waals surface area contributed by atoms with Crippen LogP contribution in [0.1, 0.15) is 12.1 Å². The number of anilines is 1. The molecule has 4 rings (SSSR count). The van der Waals surface area contributed by atoms with Gasteiger partial charge in [-0.1, -0.05) is 17.7 Å². The van der Waals surface area contributed by atoms with E-state index < -0.39 is 0 Å². The minimum atomic E-state index is -0.243. The summed E-state index contributed by atoms with van der Waals surface area (Å²) in [4.78, 5) is 17.4. The van der Waals surface area contributed by atoms with Gasteiger partial charge < -0.3 is 25.8 Å². The third-order valence-electron chi connectivity index (χ3n) is 4.52. The lowest BCUT2D eigenvalue weighted by Gasteiger charge is -2.29. The Hall–Kier alpha value is -3.17. The van der Waals surface area contributed by atoms with Crippen molar-refractivity contribution >= 4 is 23.8 Å². The van der Waals surface area contributed by atoms with Crippen molar-refractivity contribution in [3.63, 3.8) is 0 Å². The van der Waals surface area contributed by atoms with Crippen LogP contribution >= 0.6 is 11.6 Å². The van der Waals surface area contributed by atoms with E-state index in [2.05, 4.69) is 30.6 Å². The number of fused-ring (bicyclic) bond motifs is 1. The van der Waals surface area contributed by atoms with Crippen molar-refractivity contribution < 1.29 is 9.47 Å². The van der Waals surface area contributed by atoms with Gasteiger partial charge in [-0.25, -0.2) is 9.97 Å². The van der Waals surface area contributed by atoms with E-state index in [1.807, 2.05) is 19.1 Å². The molecule has 30 heavy (non-hydrogen) atoms. The van der Waals surface area contributed by atoms with Gasteiger partial charge in [-0.2, -0.15) is 0 Å². The first-order valence-electron chi connectivity index (χ1n) is 9.52. The summed E-state index contributed by atoms with van der Waals surface area (Å²) in [6.45, 7) is 2.71. The Kier molecular flexibility index (Phi) is 6.10. The minimum absolute atomic E-state index is 0.0672. The molecule has 1 aliphatic carbocycles. The van der Waals surface area contributed by atoms with Crippen LogP contribution in [0.2, 0.25) is 5.02 Å². The van der Waals surface area contributed by atoms with Gasteiger partial charge in [0.1, 0.15) is 35.1 Å². The van der Waals surface area contributed by atoms with Gasteiger partial charge in [-0.15, -0.1) is 0 Å². The molecule has 4 N–H and O–H groups in total. The molecule has 0 bridgehead atoms. The Balaban J connectivity index is 1.49. The highest BCUT2D eigenvalue weighted by atomic mass is 35.5. The molecule has 0 saturated heterocycles. The van der Waals surface area contributed by atoms with Crippen molar-refractivity contribution in [2.45, 2.75) is 25.5 Å². The molecule has 156 valence electrons. The molecule has 2 aliphatic rings. The lowest BCUT2D eigenvalue weighted by atomic mass is 9.93. The number of nitrogens with zero attached hydrogens (tertiary/aromatic N) is 4. The van der Waals surface area contributed by atoms with Crippen LogP contribution in [0.5, 0.6) is 11.6 Å². The van der Waals surface area contributed by atoms with Crippen LogP contribution in [0.4, 0.5) is 5.82 Å². The summed E-state index contributed by atoms with van der Waals surface area (Å²) in [5.74, 6) is 2.36. The van der Waals surface area contributed by atoms with E-state index in [4.69, 9.17) is 26.8 Å². The van der Waals surface area contributed by atoms with Crippen LogP contribution in [0.3, 0.4) is 0 Å². The third-order valence-corrected chi connectivity index (χ3v) is 4.79. The first kappa shape index (κ1) is 20.1. The van der Waals surface area contributed by atoms with Crippen LogP contribution in [0, 0.1) is 6.92 Å². The number of pyridine rings is 1. The second-order valence-electron chi connectivity index (χ2n) is 6.78. The molecule has 3 heterocycles. The summed E-state index contributed by atoms with van der Waals surface area (Å²) < 4.78 is 11.5. The fourth-order valence-corrected chi connectivity index (χ4v) is 3.29. The number of aliphatic imine (C=N–C) groups is 1. The number of hydrogen-bond acceptors (Lipinski definition) is 9. The van der Waals surface area contributed by atoms with Crippen molar-refractivity contribution in [3.05, 3.63) is 58.9 Å². The zero-order chi connectivity index (χ0) is 20.9. The van der Waals surface area contributed by atoms with Crippen LogP contribution in [0.25, 0.3) is 0 Å². The second-order valence-corrected chi connectivity index (χ2v) is 7.18. The summed E-state index contributed by atoms with van der Waals surface area (Å²) in [7, 11) is 0. The second kappa shape index (κ2) is 9.10. The fraction of sp³-hybridized carbons (Fsp3) is 0.300. The van der Waals surface area contributed by atoms with E-state index in [9.17, 15) is 0 Å². The van der Waals surface area contributed by atoms with Crippen LogP contribution in [-0.2, 0) is 0 Å². The zero-order valence-electron chi connectivity index (χ0n) is 16.4. The predicted molar refractivity (Wildman–Crippen MR) is 115 cm³/mol. The average molecular weight is 428 g/mol. The molecule has 0 radical (unpaired) electrons. The summed E-state index contributed by atoms with van der Waals surface area (Å²) >= 11 is 6.32. The topological polar surface area (TPSA) is 120 Å². The van der Waals surface area contributed by atoms with Gasteiger partial charge in [0.25, 0.3) is 0 Å². The molecule has 0 spiro atoms. The highest BCUT2D eigenvalue weighted by Crippen LogP contribution is 2.31. The third kappa shape index (κ3) is 4.69. The Bertz CT molecular complexity index is 991. The van der Waals surface area contributed by atoms with E-state index in [1.54, 1.807) is 31.0 Å². The smallest absolute Gasteiger partial charge is 0.233 e. The number of hydrogen-bond donors (Lipinski definition) is 3. The van der Waals surface area contributed by atoms with Gasteiger partial charge in [0.2, 0.25) is 5.88 Å². The number of halogens is 1. The molecule has 10 heteroatoms. The number of ether oxygens (including phenoxy) is 2. The molecule has 2 unspecified atom stereocenters. The maximum atomic E-state index is 6.32. The highest BCUT2D eigenvalue weighted by Gasteiger charge is 2.27. The standard InChI is InChI=1S/C20H22ClN7O2/c1-12-8-24-18(10-23-12)28-19-15-6-13(2-3-17(15)26-11-27-19)30-20-16(21)7-14(9-25-20)29-5-4-22/h2-3,7-11,13,17H,4-6,22H2,1H3,(H,24,28)(H,26,27). The summed E-state index contributed by atoms with van der Waals surface area (Å²) in [5.41, 5.74) is 7.35. The van der Waals surface area contributed by atoms with Crippen molar-refractivity contribution in [2.75, 3.05) is 18.5 Å². The minimum Gasteiger partial charge on any atom is -0.491 e. The van der Waals surface area contributed by atoms with Crippen molar-refractivity contribution in [3.8, 4) is 11.6 Å². The van der Waals surface area contributed by atoms with Crippen molar-refractivity contribution in [1.29, 1.82) is 0 Å². The zero-order valence-corrected chi connectivity index (χ0v) is 17.1. The van der Waals surface area contributed by atoms with Gasteiger partial charge in [-0.3, -0.25) is 9.98 Å². The average Bonchev–Trinajstić information content (AvgIpc) is 2.76. The van der Waals surface area contributed by atoms with Crippen LogP contribution in [-0.4, -0.2) is 46.6 Å². The summed E-state index contributed by atoms with van der Waals surface area (Å²) in [6.07, 6.45) is 11.0. The first-order valence-corrected chi connectivity index (χ1v) is 9.90. The molecule has 0 fully saturated rings. The Morgan fingerprint density at radius 3 is 2.90 bits per heavy atom. The van der Waals surface area contributed by atoms with Crippen molar-refractivity contribution in [2.24, 2.45) is 10.7 Å². The van der Waals surface area contributed by atoms with Crippen LogP contribution in [0.15, 0.2) is 53.2 Å². The quantitative estimate of drug-likeness (QED) is 0.575. The number of aromatic nitrogens is 3. The molecular formula is C20H22ClN7O2. The Morgan fingerprint density at radius 1 is 1.23 bits per heavy atom. The molecular weight excluding hydrogens is 406 g/mol. The lowest BCUT2D eigenvalue weighted by molar-refractivity contribution is 0.232. The van der Waals surface area contributed by atoms with Crippen molar-refractivity contribution in [1.82, 2.24) is 20.3 Å². The van der Waals surface area contributed by atoms with Gasteiger partial charge in [0.05, 0.1) is 36.7 Å². The monoisotopic (exact) mass is 427 g/mol. The fourth-order valence-electron chi connectivity index (χ4n) is 3.09. The lowest BCUT2D eigenvalue weighted by Crippen LogP contribution is -2.34. The Labute approximate surface area is 179 Å². The maximum absolute atomic E-state index is 6.32. The molecule has 9 nitrogen and oxygen atoms in total. The van der Waals surface area contributed by atoms with Crippen LogP contribution < -0.4 is 25.8 Å². The maximum Gasteiger partial charge on any atom is 0.233 e. The van der Waals surface area contributed by atoms with E-state index in [1.165, 1.54) is 0 Å². The molecule has 0 saturated carbocycles. The van der Waals surface area contributed by atoms with Gasteiger partial charge in [-0.05, 0) is 13.0 Å². The Morgan fingerprint density at radius 2 is 2.13 bits per heavy atom. The summed E-state index contributed by atoms with van der Waals surface area (Å²) in [6, 6.07) is 1.60. The number of nitrogens with two attached hydrogens (primary N) is 1. The molecule has 2 atom stereocenters. The normalized spacial score (nSPS) is 19.8. The predicted octanol–water partition coefficient (Wildman–Crippen LogP) is 2.20. The van der Waals surface area contributed by atoms with Gasteiger partial charge >= 0.3 is 0 Å². The molecule has 0 aromatic carbocycles. The van der Waals surface area contributed by atoms with Gasteiger partial charge in [0, 0.05) is 24.6 Å². The molecule has 2 aromatic rings. The number of nitrogens with one attached hydrogen (secondary N) is 2. The van der Waals surface area contributed by atoms with E-state index in [0.717, 1.165) is 17.1 Å². The number of rotatable bonds is 7. The number of aryl methyl sites for hydroxylation is 1. The molecule has 0 amide bonds. The highest BCUT2D eigenvalue weighted by molar-refractivity contribution is 6.31.